The van der Waals surface area contributed by atoms with Gasteiger partial charge in [0.25, 0.3) is 5.91 Å². The number of benzene rings is 1. The summed E-state index contributed by atoms with van der Waals surface area (Å²) in [5, 5.41) is 13.4. The summed E-state index contributed by atoms with van der Waals surface area (Å²) < 4.78 is 8.92. The Balaban J connectivity index is 2.90. The number of nitro benzene ring substituents is 1. The van der Waals surface area contributed by atoms with Crippen molar-refractivity contribution in [2.75, 3.05) is 20.8 Å². The van der Waals surface area contributed by atoms with Gasteiger partial charge in [0, 0.05) is 12.6 Å². The van der Waals surface area contributed by atoms with Crippen LogP contribution in [0.1, 0.15) is 10.4 Å². The lowest BCUT2D eigenvalue weighted by molar-refractivity contribution is -0.385. The van der Waals surface area contributed by atoms with Crippen molar-refractivity contribution in [3.63, 3.8) is 0 Å². The minimum absolute atomic E-state index is 0.0279. The smallest absolute Gasteiger partial charge is 0.320 e. The molecular formula is C12H13IN2O6. The monoisotopic (exact) mass is 408 g/mol. The van der Waals surface area contributed by atoms with Crippen molar-refractivity contribution < 1.29 is 24.0 Å². The van der Waals surface area contributed by atoms with Crippen LogP contribution in [0.3, 0.4) is 0 Å². The van der Waals surface area contributed by atoms with Crippen molar-refractivity contribution in [1.82, 2.24) is 5.32 Å². The zero-order valence-electron chi connectivity index (χ0n) is 11.3. The van der Waals surface area contributed by atoms with E-state index in [4.69, 9.17) is 4.74 Å². The van der Waals surface area contributed by atoms with Crippen LogP contribution in [0.25, 0.3) is 0 Å². The highest BCUT2D eigenvalue weighted by Crippen LogP contribution is 2.30. The predicted octanol–water partition coefficient (Wildman–Crippen LogP) is 1.31. The molecule has 1 atom stereocenters. The molecule has 21 heavy (non-hydrogen) atoms. The van der Waals surface area contributed by atoms with Crippen molar-refractivity contribution in [2.45, 2.75) is 3.92 Å². The number of alkyl halides is 1. The van der Waals surface area contributed by atoms with Crippen molar-refractivity contribution in [3.05, 3.63) is 33.9 Å². The Labute approximate surface area is 134 Å². The van der Waals surface area contributed by atoms with E-state index in [1.807, 2.05) is 22.6 Å². The molecule has 9 heteroatoms. The fourth-order valence-electron chi connectivity index (χ4n) is 1.55. The molecule has 1 N–H and O–H groups in total. The topological polar surface area (TPSA) is 108 Å². The molecule has 0 saturated carbocycles. The number of nitrogens with zero attached hydrogens (tertiary/aromatic N) is 1. The number of halogens is 1. The number of methoxy groups -OCH3 is 2. The van der Waals surface area contributed by atoms with Crippen LogP contribution in [0, 0.1) is 10.1 Å². The minimum atomic E-state index is -0.634. The molecule has 0 fully saturated rings. The van der Waals surface area contributed by atoms with Crippen LogP contribution < -0.4 is 10.1 Å². The second kappa shape index (κ2) is 7.76. The van der Waals surface area contributed by atoms with E-state index in [9.17, 15) is 19.7 Å². The van der Waals surface area contributed by atoms with Crippen LogP contribution >= 0.6 is 22.6 Å². The molecule has 0 aliphatic heterocycles. The summed E-state index contributed by atoms with van der Waals surface area (Å²) in [5.41, 5.74) is -0.274. The summed E-state index contributed by atoms with van der Waals surface area (Å²) in [6.45, 7) is 0.0396. The number of ether oxygens (including phenoxy) is 2. The zero-order valence-corrected chi connectivity index (χ0v) is 13.4. The Kier molecular flexibility index (Phi) is 6.34. The van der Waals surface area contributed by atoms with E-state index in [1.165, 1.54) is 32.4 Å². The van der Waals surface area contributed by atoms with Crippen LogP contribution in [0.4, 0.5) is 5.69 Å². The maximum Gasteiger partial charge on any atom is 0.320 e. The van der Waals surface area contributed by atoms with Gasteiger partial charge in [-0.1, -0.05) is 28.7 Å². The molecule has 1 aromatic rings. The van der Waals surface area contributed by atoms with Crippen LogP contribution in [0.5, 0.6) is 5.75 Å². The molecule has 0 bridgehead atoms. The van der Waals surface area contributed by atoms with Gasteiger partial charge in [-0.25, -0.2) is 0 Å². The Morgan fingerprint density at radius 3 is 2.62 bits per heavy atom. The molecule has 0 aromatic heterocycles. The Bertz CT molecular complexity index is 563. The summed E-state index contributed by atoms with van der Waals surface area (Å²) in [7, 11) is 2.49. The van der Waals surface area contributed by atoms with Gasteiger partial charge in [-0.2, -0.15) is 0 Å². The molecule has 1 unspecified atom stereocenters. The van der Waals surface area contributed by atoms with Crippen LogP contribution in [-0.2, 0) is 9.53 Å². The maximum atomic E-state index is 12.0. The lowest BCUT2D eigenvalue weighted by Gasteiger charge is -2.11. The third kappa shape index (κ3) is 4.28. The van der Waals surface area contributed by atoms with Gasteiger partial charge in [0.05, 0.1) is 24.7 Å². The first-order chi connectivity index (χ1) is 9.92. The minimum Gasteiger partial charge on any atom is -0.490 e. The summed E-state index contributed by atoms with van der Waals surface area (Å²) in [4.78, 5) is 33.5. The molecule has 0 heterocycles. The van der Waals surface area contributed by atoms with E-state index in [1.54, 1.807) is 0 Å². The van der Waals surface area contributed by atoms with Crippen molar-refractivity contribution in [3.8, 4) is 5.75 Å². The first-order valence-electron chi connectivity index (χ1n) is 5.73. The molecule has 0 spiro atoms. The van der Waals surface area contributed by atoms with Crippen LogP contribution in [0.15, 0.2) is 18.2 Å². The second-order valence-electron chi connectivity index (χ2n) is 3.82. The molecule has 1 aromatic carbocycles. The number of rotatable bonds is 6. The molecule has 114 valence electrons. The Morgan fingerprint density at radius 1 is 1.43 bits per heavy atom. The summed E-state index contributed by atoms with van der Waals surface area (Å²) in [6.07, 6.45) is 0. The third-order valence-electron chi connectivity index (χ3n) is 2.54. The van der Waals surface area contributed by atoms with Gasteiger partial charge in [0.15, 0.2) is 0 Å². The zero-order chi connectivity index (χ0) is 16.0. The number of esters is 1. The van der Waals surface area contributed by atoms with Gasteiger partial charge in [0.2, 0.25) is 5.75 Å². The average molecular weight is 408 g/mol. The first kappa shape index (κ1) is 17.1. The van der Waals surface area contributed by atoms with E-state index in [2.05, 4.69) is 10.1 Å². The predicted molar refractivity (Wildman–Crippen MR) is 81.8 cm³/mol. The molecule has 1 rings (SSSR count). The van der Waals surface area contributed by atoms with Gasteiger partial charge >= 0.3 is 11.7 Å². The standard InChI is InChI=1S/C12H13IN2O6/c1-20-10-7(4-3-5-9(10)15(18)19)11(16)14-6-8(13)12(17)21-2/h3-5,8H,6H2,1-2H3,(H,14,16). The molecule has 8 nitrogen and oxygen atoms in total. The van der Waals surface area contributed by atoms with Gasteiger partial charge in [-0.15, -0.1) is 0 Å². The molecule has 1 amide bonds. The second-order valence-corrected chi connectivity index (χ2v) is 5.32. The lowest BCUT2D eigenvalue weighted by atomic mass is 10.1. The Morgan fingerprint density at radius 2 is 2.10 bits per heavy atom. The number of hydrogen-bond acceptors (Lipinski definition) is 6. The number of hydrogen-bond donors (Lipinski definition) is 1. The average Bonchev–Trinajstić information content (AvgIpc) is 2.50. The van der Waals surface area contributed by atoms with Gasteiger partial charge < -0.3 is 14.8 Å². The fourth-order valence-corrected chi connectivity index (χ4v) is 2.03. The highest BCUT2D eigenvalue weighted by atomic mass is 127. The van der Waals surface area contributed by atoms with E-state index >= 15 is 0 Å². The fraction of sp³-hybridized carbons (Fsp3) is 0.333. The highest BCUT2D eigenvalue weighted by Gasteiger charge is 2.23. The number of carbonyl (C=O) groups is 2. The van der Waals surface area contributed by atoms with Crippen LogP contribution in [0.2, 0.25) is 0 Å². The molecule has 0 radical (unpaired) electrons. The SMILES string of the molecule is COC(=O)C(I)CNC(=O)c1cccc([N+](=O)[O-])c1OC. The van der Waals surface area contributed by atoms with Gasteiger partial charge in [-0.05, 0) is 6.07 Å². The normalized spacial score (nSPS) is 11.4. The number of nitro groups is 1. The number of para-hydroxylation sites is 1. The molecule has 0 aliphatic carbocycles. The van der Waals surface area contributed by atoms with E-state index < -0.39 is 20.7 Å². The number of amides is 1. The van der Waals surface area contributed by atoms with Crippen molar-refractivity contribution in [1.29, 1.82) is 0 Å². The lowest BCUT2D eigenvalue weighted by Crippen LogP contribution is -2.34. The quantitative estimate of drug-likeness (QED) is 0.250. The van der Waals surface area contributed by atoms with E-state index in [0.29, 0.717) is 0 Å². The van der Waals surface area contributed by atoms with Crippen molar-refractivity contribution >= 4 is 40.2 Å². The largest absolute Gasteiger partial charge is 0.490 e. The van der Waals surface area contributed by atoms with Gasteiger partial charge in [0.1, 0.15) is 3.92 Å². The first-order valence-corrected chi connectivity index (χ1v) is 6.98. The highest BCUT2D eigenvalue weighted by molar-refractivity contribution is 14.1. The molecular weight excluding hydrogens is 395 g/mol. The molecule has 0 saturated heterocycles. The summed E-state index contributed by atoms with van der Waals surface area (Å²) >= 11 is 1.83. The Hall–Kier alpha value is -1.91. The van der Waals surface area contributed by atoms with Gasteiger partial charge in [-0.3, -0.25) is 19.7 Å². The summed E-state index contributed by atoms with van der Waals surface area (Å²) in [5.74, 6) is -1.16. The van der Waals surface area contributed by atoms with Crippen LogP contribution in [-0.4, -0.2) is 41.5 Å². The maximum absolute atomic E-state index is 12.0. The van der Waals surface area contributed by atoms with Crippen molar-refractivity contribution in [2.24, 2.45) is 0 Å². The molecule has 0 aliphatic rings. The third-order valence-corrected chi connectivity index (χ3v) is 3.49. The number of nitrogens with one attached hydrogen (secondary N) is 1. The van der Waals surface area contributed by atoms with E-state index in [-0.39, 0.29) is 23.5 Å². The number of carbonyl (C=O) groups excluding carboxylic acids is 2. The summed E-state index contributed by atoms with van der Waals surface area (Å²) in [6, 6.07) is 4.03. The van der Waals surface area contributed by atoms with E-state index in [0.717, 1.165) is 0 Å².